The van der Waals surface area contributed by atoms with Crippen LogP contribution in [0, 0.1) is 17.5 Å². The Kier molecular flexibility index (Phi) is 2.19. The van der Waals surface area contributed by atoms with Crippen molar-refractivity contribution in [2.24, 2.45) is 0 Å². The summed E-state index contributed by atoms with van der Waals surface area (Å²) in [5.74, 6) is -3.90. The van der Waals surface area contributed by atoms with Crippen LogP contribution in [0.25, 0.3) is 10.8 Å². The molecule has 1 heterocycles. The Balaban J connectivity index is 2.99. The largest absolute Gasteiger partial charge is 0.249 e. The third-order valence-electron chi connectivity index (χ3n) is 1.84. The van der Waals surface area contributed by atoms with E-state index < -0.39 is 17.5 Å². The van der Waals surface area contributed by atoms with E-state index in [2.05, 4.69) is 20.9 Å². The number of fused-ring (bicyclic) bond motifs is 1. The average Bonchev–Trinajstić information content (AvgIpc) is 2.14. The molecule has 0 spiro atoms. The minimum Gasteiger partial charge on any atom is -0.249 e. The zero-order valence-electron chi connectivity index (χ0n) is 6.69. The summed E-state index contributed by atoms with van der Waals surface area (Å²) < 4.78 is 39.0. The number of hydrogen-bond acceptors (Lipinski definition) is 1. The summed E-state index contributed by atoms with van der Waals surface area (Å²) in [6, 6.07) is 2.34. The topological polar surface area (TPSA) is 12.9 Å². The van der Waals surface area contributed by atoms with Crippen LogP contribution in [0.3, 0.4) is 0 Å². The highest BCUT2D eigenvalue weighted by atomic mass is 79.9. The van der Waals surface area contributed by atoms with Gasteiger partial charge in [0.1, 0.15) is 4.60 Å². The number of halogens is 4. The molecule has 1 aromatic heterocycles. The van der Waals surface area contributed by atoms with Crippen LogP contribution in [0.4, 0.5) is 13.2 Å². The van der Waals surface area contributed by atoms with Crippen LogP contribution in [0.1, 0.15) is 0 Å². The number of hydrogen-bond donors (Lipinski definition) is 0. The van der Waals surface area contributed by atoms with E-state index in [1.54, 1.807) is 0 Å². The number of pyridine rings is 1. The molecule has 2 rings (SSSR count). The average molecular weight is 262 g/mol. The van der Waals surface area contributed by atoms with Gasteiger partial charge >= 0.3 is 0 Å². The highest BCUT2D eigenvalue weighted by Gasteiger charge is 2.15. The van der Waals surface area contributed by atoms with E-state index in [9.17, 15) is 13.2 Å². The molecule has 0 saturated heterocycles. The highest BCUT2D eigenvalue weighted by Crippen LogP contribution is 2.27. The first-order chi connectivity index (χ1) is 6.61. The molecule has 0 radical (unpaired) electrons. The highest BCUT2D eigenvalue weighted by molar-refractivity contribution is 9.10. The van der Waals surface area contributed by atoms with Crippen molar-refractivity contribution in [3.05, 3.63) is 40.4 Å². The fourth-order valence-electron chi connectivity index (χ4n) is 1.20. The minimum atomic E-state index is -1.48. The van der Waals surface area contributed by atoms with Crippen LogP contribution in [0.15, 0.2) is 22.9 Å². The molecule has 0 saturated carbocycles. The van der Waals surface area contributed by atoms with Crippen molar-refractivity contribution in [2.75, 3.05) is 0 Å². The summed E-state index contributed by atoms with van der Waals surface area (Å²) in [5, 5.41) is 0.217. The fraction of sp³-hybridized carbons (Fsp3) is 0. The van der Waals surface area contributed by atoms with Crippen LogP contribution < -0.4 is 0 Å². The number of aromatic nitrogens is 1. The van der Waals surface area contributed by atoms with E-state index >= 15 is 0 Å². The maximum absolute atomic E-state index is 13.2. The summed E-state index contributed by atoms with van der Waals surface area (Å²) in [4.78, 5) is 3.73. The molecular formula is C9H3BrF3N. The van der Waals surface area contributed by atoms with E-state index in [-0.39, 0.29) is 15.4 Å². The molecule has 1 aromatic carbocycles. The van der Waals surface area contributed by atoms with E-state index in [1.807, 2.05) is 0 Å². The summed E-state index contributed by atoms with van der Waals surface area (Å²) in [5.41, 5.74) is 0. The van der Waals surface area contributed by atoms with Crippen molar-refractivity contribution in [1.82, 2.24) is 4.98 Å². The molecule has 0 aliphatic heterocycles. The van der Waals surface area contributed by atoms with Crippen molar-refractivity contribution >= 4 is 26.7 Å². The molecule has 1 nitrogen and oxygen atoms in total. The van der Waals surface area contributed by atoms with Gasteiger partial charge in [0.2, 0.25) is 0 Å². The standard InChI is InChI=1S/C9H3BrF3N/c10-9-6-4(1-2-14-9)3-5(11)7(12)8(6)13/h1-3H. The number of nitrogens with zero attached hydrogens (tertiary/aromatic N) is 1. The zero-order chi connectivity index (χ0) is 10.3. The summed E-state index contributed by atoms with van der Waals surface area (Å²) in [7, 11) is 0. The molecule has 0 amide bonds. The van der Waals surface area contributed by atoms with Gasteiger partial charge in [-0.25, -0.2) is 18.2 Å². The van der Waals surface area contributed by atoms with Gasteiger partial charge in [0.05, 0.1) is 5.39 Å². The van der Waals surface area contributed by atoms with Crippen LogP contribution in [0.2, 0.25) is 0 Å². The first kappa shape index (κ1) is 9.45. The molecule has 72 valence electrons. The van der Waals surface area contributed by atoms with Gasteiger partial charge in [0.15, 0.2) is 17.5 Å². The van der Waals surface area contributed by atoms with Crippen molar-refractivity contribution < 1.29 is 13.2 Å². The second-order valence-electron chi connectivity index (χ2n) is 2.69. The van der Waals surface area contributed by atoms with Gasteiger partial charge in [-0.1, -0.05) is 0 Å². The quantitative estimate of drug-likeness (QED) is 0.523. The molecule has 0 fully saturated rings. The van der Waals surface area contributed by atoms with Gasteiger partial charge < -0.3 is 0 Å². The van der Waals surface area contributed by atoms with Crippen molar-refractivity contribution in [1.29, 1.82) is 0 Å². The monoisotopic (exact) mass is 261 g/mol. The Bertz CT molecular complexity index is 513. The Morgan fingerprint density at radius 3 is 2.57 bits per heavy atom. The Hall–Kier alpha value is -1.10. The second kappa shape index (κ2) is 3.24. The van der Waals surface area contributed by atoms with Gasteiger partial charge in [-0.05, 0) is 33.4 Å². The first-order valence-electron chi connectivity index (χ1n) is 3.69. The van der Waals surface area contributed by atoms with E-state index in [1.165, 1.54) is 12.3 Å². The lowest BCUT2D eigenvalue weighted by Gasteiger charge is -2.02. The lowest BCUT2D eigenvalue weighted by Crippen LogP contribution is -1.93. The molecule has 5 heteroatoms. The molecule has 2 aromatic rings. The predicted molar refractivity (Wildman–Crippen MR) is 49.3 cm³/mol. The molecule has 0 aliphatic carbocycles. The molecule has 0 unspecified atom stereocenters. The summed E-state index contributed by atoms with van der Waals surface area (Å²) >= 11 is 2.97. The Labute approximate surface area is 85.7 Å². The second-order valence-corrected chi connectivity index (χ2v) is 3.44. The SMILES string of the molecule is Fc1cc2ccnc(Br)c2c(F)c1F. The first-order valence-corrected chi connectivity index (χ1v) is 4.48. The number of benzene rings is 1. The molecule has 0 bridgehead atoms. The summed E-state index contributed by atoms with van der Waals surface area (Å²) in [6.45, 7) is 0. The normalized spacial score (nSPS) is 10.9. The van der Waals surface area contributed by atoms with Crippen LogP contribution in [0.5, 0.6) is 0 Å². The Morgan fingerprint density at radius 2 is 1.86 bits per heavy atom. The lowest BCUT2D eigenvalue weighted by molar-refractivity contribution is 0.453. The molecular weight excluding hydrogens is 259 g/mol. The maximum atomic E-state index is 13.2. The van der Waals surface area contributed by atoms with Crippen LogP contribution >= 0.6 is 15.9 Å². The molecule has 14 heavy (non-hydrogen) atoms. The van der Waals surface area contributed by atoms with E-state index in [4.69, 9.17) is 0 Å². The van der Waals surface area contributed by atoms with Gasteiger partial charge in [-0.2, -0.15) is 0 Å². The van der Waals surface area contributed by atoms with Gasteiger partial charge in [-0.3, -0.25) is 0 Å². The van der Waals surface area contributed by atoms with Gasteiger partial charge in [0.25, 0.3) is 0 Å². The summed E-state index contributed by atoms with van der Waals surface area (Å²) in [6.07, 6.45) is 1.38. The minimum absolute atomic E-state index is 0.0496. The van der Waals surface area contributed by atoms with Crippen molar-refractivity contribution in [3.63, 3.8) is 0 Å². The van der Waals surface area contributed by atoms with Crippen LogP contribution in [-0.4, -0.2) is 4.98 Å². The zero-order valence-corrected chi connectivity index (χ0v) is 8.28. The molecule has 0 atom stereocenters. The van der Waals surface area contributed by atoms with Gasteiger partial charge in [-0.15, -0.1) is 0 Å². The number of rotatable bonds is 0. The smallest absolute Gasteiger partial charge is 0.195 e. The van der Waals surface area contributed by atoms with Crippen LogP contribution in [-0.2, 0) is 0 Å². The third-order valence-corrected chi connectivity index (χ3v) is 2.44. The van der Waals surface area contributed by atoms with E-state index in [0.717, 1.165) is 6.07 Å². The van der Waals surface area contributed by atoms with Gasteiger partial charge in [0, 0.05) is 6.20 Å². The third kappa shape index (κ3) is 1.28. The predicted octanol–water partition coefficient (Wildman–Crippen LogP) is 3.41. The van der Waals surface area contributed by atoms with Crippen molar-refractivity contribution in [2.45, 2.75) is 0 Å². The van der Waals surface area contributed by atoms with Crippen molar-refractivity contribution in [3.8, 4) is 0 Å². The lowest BCUT2D eigenvalue weighted by atomic mass is 10.1. The molecule has 0 N–H and O–H groups in total. The van der Waals surface area contributed by atoms with E-state index in [0.29, 0.717) is 0 Å². The fourth-order valence-corrected chi connectivity index (χ4v) is 1.72. The maximum Gasteiger partial charge on any atom is 0.195 e. The molecule has 0 aliphatic rings. The Morgan fingerprint density at radius 1 is 1.14 bits per heavy atom.